The minimum atomic E-state index is -0.197. The van der Waals surface area contributed by atoms with Gasteiger partial charge in [0, 0.05) is 25.4 Å². The molecule has 0 radical (unpaired) electrons. The van der Waals surface area contributed by atoms with Crippen LogP contribution in [0.5, 0.6) is 11.5 Å². The van der Waals surface area contributed by atoms with E-state index in [1.807, 2.05) is 6.07 Å². The summed E-state index contributed by atoms with van der Waals surface area (Å²) in [4.78, 5) is 19.5. The third-order valence-corrected chi connectivity index (χ3v) is 4.34. The summed E-state index contributed by atoms with van der Waals surface area (Å²) < 4.78 is 10.5. The molecule has 0 saturated carbocycles. The number of pyridine rings is 1. The molecule has 1 amide bonds. The first-order valence-electron chi connectivity index (χ1n) is 8.46. The fourth-order valence-electron chi connectivity index (χ4n) is 3.02. The second kappa shape index (κ2) is 7.88. The van der Waals surface area contributed by atoms with Crippen molar-refractivity contribution in [2.45, 2.75) is 19.3 Å². The van der Waals surface area contributed by atoms with Crippen LogP contribution in [0.4, 0.5) is 11.5 Å². The minimum Gasteiger partial charge on any atom is -0.497 e. The van der Waals surface area contributed by atoms with Crippen molar-refractivity contribution in [2.75, 3.05) is 37.5 Å². The lowest BCUT2D eigenvalue weighted by atomic mass is 10.1. The fraction of sp³-hybridized carbons (Fsp3) is 0.368. The molecule has 1 fully saturated rings. The van der Waals surface area contributed by atoms with Crippen LogP contribution in [0.15, 0.2) is 36.5 Å². The topological polar surface area (TPSA) is 63.7 Å². The van der Waals surface area contributed by atoms with E-state index in [4.69, 9.17) is 9.47 Å². The van der Waals surface area contributed by atoms with E-state index in [0.717, 1.165) is 31.7 Å². The number of carbonyl (C=O) groups is 1. The van der Waals surface area contributed by atoms with Gasteiger partial charge in [-0.3, -0.25) is 4.79 Å². The highest BCUT2D eigenvalue weighted by molar-refractivity contribution is 6.08. The number of carbonyl (C=O) groups excluding carboxylic acids is 1. The molecule has 1 aromatic heterocycles. The highest BCUT2D eigenvalue weighted by atomic mass is 16.5. The molecule has 25 heavy (non-hydrogen) atoms. The van der Waals surface area contributed by atoms with E-state index in [0.29, 0.717) is 22.7 Å². The Kier molecular flexibility index (Phi) is 5.38. The molecule has 1 aromatic carbocycles. The molecule has 0 atom stereocenters. The SMILES string of the molecule is COc1ccc(NC(=O)c2cccnc2N2CCCCC2)c(OC)c1. The Morgan fingerprint density at radius 3 is 2.64 bits per heavy atom. The number of piperidine rings is 1. The lowest BCUT2D eigenvalue weighted by Gasteiger charge is -2.29. The second-order valence-electron chi connectivity index (χ2n) is 5.94. The summed E-state index contributed by atoms with van der Waals surface area (Å²) in [6, 6.07) is 8.89. The number of hydrogen-bond acceptors (Lipinski definition) is 5. The van der Waals surface area contributed by atoms with Gasteiger partial charge >= 0.3 is 0 Å². The zero-order valence-electron chi connectivity index (χ0n) is 14.6. The Balaban J connectivity index is 1.84. The number of nitrogens with zero attached hydrogens (tertiary/aromatic N) is 2. The standard InChI is InChI=1S/C19H23N3O3/c1-24-14-8-9-16(17(13-14)25-2)21-19(23)15-7-6-10-20-18(15)22-11-4-3-5-12-22/h6-10,13H,3-5,11-12H2,1-2H3,(H,21,23). The van der Waals surface area contributed by atoms with Gasteiger partial charge in [0.05, 0.1) is 25.5 Å². The quantitative estimate of drug-likeness (QED) is 0.904. The summed E-state index contributed by atoms with van der Waals surface area (Å²) in [5.41, 5.74) is 1.17. The molecular formula is C19H23N3O3. The maximum absolute atomic E-state index is 12.8. The predicted octanol–water partition coefficient (Wildman–Crippen LogP) is 3.34. The first kappa shape index (κ1) is 17.1. The van der Waals surface area contributed by atoms with Crippen molar-refractivity contribution >= 4 is 17.4 Å². The maximum atomic E-state index is 12.8. The van der Waals surface area contributed by atoms with E-state index < -0.39 is 0 Å². The van der Waals surface area contributed by atoms with Gasteiger partial charge in [-0.25, -0.2) is 4.98 Å². The Bertz CT molecular complexity index is 742. The van der Waals surface area contributed by atoms with Crippen LogP contribution in [0, 0.1) is 0 Å². The van der Waals surface area contributed by atoms with Gasteiger partial charge in [-0.15, -0.1) is 0 Å². The first-order chi connectivity index (χ1) is 12.2. The molecule has 6 heteroatoms. The fourth-order valence-corrected chi connectivity index (χ4v) is 3.02. The van der Waals surface area contributed by atoms with E-state index in [9.17, 15) is 4.79 Å². The Morgan fingerprint density at radius 1 is 1.12 bits per heavy atom. The molecule has 6 nitrogen and oxygen atoms in total. The van der Waals surface area contributed by atoms with Crippen LogP contribution < -0.4 is 19.7 Å². The molecular weight excluding hydrogens is 318 g/mol. The number of hydrogen-bond donors (Lipinski definition) is 1. The molecule has 0 unspecified atom stereocenters. The number of rotatable bonds is 5. The minimum absolute atomic E-state index is 0.197. The summed E-state index contributed by atoms with van der Waals surface area (Å²) in [7, 11) is 3.15. The number of aromatic nitrogens is 1. The van der Waals surface area contributed by atoms with E-state index in [2.05, 4.69) is 15.2 Å². The number of benzene rings is 1. The van der Waals surface area contributed by atoms with Gasteiger partial charge in [0.15, 0.2) is 0 Å². The largest absolute Gasteiger partial charge is 0.497 e. The van der Waals surface area contributed by atoms with Crippen molar-refractivity contribution < 1.29 is 14.3 Å². The van der Waals surface area contributed by atoms with Crippen LogP contribution in [0.3, 0.4) is 0 Å². The highest BCUT2D eigenvalue weighted by Gasteiger charge is 2.20. The third-order valence-electron chi connectivity index (χ3n) is 4.34. The normalized spacial score (nSPS) is 14.1. The Morgan fingerprint density at radius 2 is 1.92 bits per heavy atom. The van der Waals surface area contributed by atoms with Crippen LogP contribution in [-0.4, -0.2) is 38.2 Å². The molecule has 0 spiro atoms. The van der Waals surface area contributed by atoms with E-state index >= 15 is 0 Å². The predicted molar refractivity (Wildman–Crippen MR) is 97.8 cm³/mol. The number of amides is 1. The summed E-state index contributed by atoms with van der Waals surface area (Å²) in [6.07, 6.45) is 5.22. The van der Waals surface area contributed by atoms with Crippen molar-refractivity contribution in [3.63, 3.8) is 0 Å². The van der Waals surface area contributed by atoms with Crippen molar-refractivity contribution in [3.8, 4) is 11.5 Å². The second-order valence-corrected chi connectivity index (χ2v) is 5.94. The number of methoxy groups -OCH3 is 2. The van der Waals surface area contributed by atoms with Crippen LogP contribution in [0.2, 0.25) is 0 Å². The van der Waals surface area contributed by atoms with E-state index in [1.54, 1.807) is 44.7 Å². The third kappa shape index (κ3) is 3.84. The molecule has 0 bridgehead atoms. The monoisotopic (exact) mass is 341 g/mol. The van der Waals surface area contributed by atoms with Crippen molar-refractivity contribution in [3.05, 3.63) is 42.1 Å². The zero-order chi connectivity index (χ0) is 17.6. The van der Waals surface area contributed by atoms with Crippen LogP contribution in [0.1, 0.15) is 29.6 Å². The number of ether oxygens (including phenoxy) is 2. The molecule has 1 saturated heterocycles. The molecule has 132 valence electrons. The van der Waals surface area contributed by atoms with Crippen molar-refractivity contribution in [1.82, 2.24) is 4.98 Å². The van der Waals surface area contributed by atoms with E-state index in [-0.39, 0.29) is 5.91 Å². The van der Waals surface area contributed by atoms with Crippen LogP contribution in [0.25, 0.3) is 0 Å². The lowest BCUT2D eigenvalue weighted by molar-refractivity contribution is 0.102. The smallest absolute Gasteiger partial charge is 0.259 e. The molecule has 1 N–H and O–H groups in total. The van der Waals surface area contributed by atoms with Gasteiger partial charge in [0.1, 0.15) is 17.3 Å². The lowest BCUT2D eigenvalue weighted by Crippen LogP contribution is -2.32. The molecule has 1 aliphatic rings. The zero-order valence-corrected chi connectivity index (χ0v) is 14.6. The Labute approximate surface area is 147 Å². The molecule has 1 aliphatic heterocycles. The van der Waals surface area contributed by atoms with Gasteiger partial charge in [-0.1, -0.05) is 0 Å². The average molecular weight is 341 g/mol. The molecule has 2 heterocycles. The van der Waals surface area contributed by atoms with Crippen molar-refractivity contribution in [1.29, 1.82) is 0 Å². The summed E-state index contributed by atoms with van der Waals surface area (Å²) in [5, 5.41) is 2.92. The number of nitrogens with one attached hydrogen (secondary N) is 1. The van der Waals surface area contributed by atoms with Gasteiger partial charge in [0.2, 0.25) is 0 Å². The summed E-state index contributed by atoms with van der Waals surface area (Å²) >= 11 is 0. The number of anilines is 2. The van der Waals surface area contributed by atoms with E-state index in [1.165, 1.54) is 6.42 Å². The summed E-state index contributed by atoms with van der Waals surface area (Å²) in [6.45, 7) is 1.87. The van der Waals surface area contributed by atoms with Crippen LogP contribution in [-0.2, 0) is 0 Å². The molecule has 0 aliphatic carbocycles. The van der Waals surface area contributed by atoms with Crippen LogP contribution >= 0.6 is 0 Å². The van der Waals surface area contributed by atoms with Crippen molar-refractivity contribution in [2.24, 2.45) is 0 Å². The van der Waals surface area contributed by atoms with Gasteiger partial charge < -0.3 is 19.7 Å². The highest BCUT2D eigenvalue weighted by Crippen LogP contribution is 2.30. The van der Waals surface area contributed by atoms with Gasteiger partial charge in [-0.2, -0.15) is 0 Å². The van der Waals surface area contributed by atoms with Gasteiger partial charge in [-0.05, 0) is 43.5 Å². The molecule has 3 rings (SSSR count). The molecule has 2 aromatic rings. The first-order valence-corrected chi connectivity index (χ1v) is 8.46. The maximum Gasteiger partial charge on any atom is 0.259 e. The summed E-state index contributed by atoms with van der Waals surface area (Å²) in [5.74, 6) is 1.77. The average Bonchev–Trinajstić information content (AvgIpc) is 2.69. The van der Waals surface area contributed by atoms with Gasteiger partial charge in [0.25, 0.3) is 5.91 Å². The Hall–Kier alpha value is -2.76.